The first kappa shape index (κ1) is 10.5. The molecule has 0 bridgehead atoms. The van der Waals surface area contributed by atoms with Gasteiger partial charge >= 0.3 is 5.97 Å². The SMILES string of the molecule is COC(=O)C(CN)c1cccc(O)c1. The highest BCUT2D eigenvalue weighted by Crippen LogP contribution is 2.20. The fourth-order valence-corrected chi connectivity index (χ4v) is 1.25. The third-order valence-corrected chi connectivity index (χ3v) is 1.99. The Morgan fingerprint density at radius 1 is 1.64 bits per heavy atom. The Balaban J connectivity index is 2.94. The van der Waals surface area contributed by atoms with E-state index in [1.54, 1.807) is 12.1 Å². The monoisotopic (exact) mass is 195 g/mol. The average molecular weight is 195 g/mol. The van der Waals surface area contributed by atoms with Gasteiger partial charge in [-0.3, -0.25) is 4.79 Å². The van der Waals surface area contributed by atoms with Crippen LogP contribution in [0.3, 0.4) is 0 Å². The molecule has 4 heteroatoms. The summed E-state index contributed by atoms with van der Waals surface area (Å²) >= 11 is 0. The molecule has 1 rings (SSSR count). The minimum Gasteiger partial charge on any atom is -0.508 e. The molecule has 14 heavy (non-hydrogen) atoms. The van der Waals surface area contributed by atoms with Crippen molar-refractivity contribution in [1.29, 1.82) is 0 Å². The van der Waals surface area contributed by atoms with Crippen molar-refractivity contribution in [2.24, 2.45) is 5.73 Å². The van der Waals surface area contributed by atoms with Crippen molar-refractivity contribution < 1.29 is 14.6 Å². The third-order valence-electron chi connectivity index (χ3n) is 1.99. The summed E-state index contributed by atoms with van der Waals surface area (Å²) in [5, 5.41) is 9.22. The smallest absolute Gasteiger partial charge is 0.314 e. The molecule has 4 nitrogen and oxygen atoms in total. The molecule has 0 aliphatic heterocycles. The normalized spacial score (nSPS) is 12.1. The van der Waals surface area contributed by atoms with Crippen LogP contribution < -0.4 is 5.73 Å². The molecule has 0 fully saturated rings. The zero-order chi connectivity index (χ0) is 10.6. The molecule has 0 aliphatic carbocycles. The minimum absolute atomic E-state index is 0.116. The summed E-state index contributed by atoms with van der Waals surface area (Å²) in [5.74, 6) is -0.782. The zero-order valence-corrected chi connectivity index (χ0v) is 7.93. The van der Waals surface area contributed by atoms with E-state index in [2.05, 4.69) is 4.74 Å². The van der Waals surface area contributed by atoms with Crippen molar-refractivity contribution in [3.05, 3.63) is 29.8 Å². The van der Waals surface area contributed by atoms with E-state index in [1.807, 2.05) is 0 Å². The van der Waals surface area contributed by atoms with E-state index in [4.69, 9.17) is 5.73 Å². The molecule has 1 aromatic rings. The number of ether oxygens (including phenoxy) is 1. The van der Waals surface area contributed by atoms with Crippen molar-refractivity contribution in [2.75, 3.05) is 13.7 Å². The third kappa shape index (κ3) is 2.23. The van der Waals surface area contributed by atoms with Crippen LogP contribution in [0.1, 0.15) is 11.5 Å². The molecule has 3 N–H and O–H groups in total. The Bertz CT molecular complexity index is 325. The first-order valence-electron chi connectivity index (χ1n) is 4.26. The molecule has 0 saturated heterocycles. The molecule has 0 amide bonds. The molecule has 76 valence electrons. The number of hydrogen-bond donors (Lipinski definition) is 2. The second-order valence-electron chi connectivity index (χ2n) is 2.91. The van der Waals surface area contributed by atoms with Gasteiger partial charge in [-0.2, -0.15) is 0 Å². The summed E-state index contributed by atoms with van der Waals surface area (Å²) in [5.41, 5.74) is 6.11. The van der Waals surface area contributed by atoms with Crippen molar-refractivity contribution in [2.45, 2.75) is 5.92 Å². The van der Waals surface area contributed by atoms with Gasteiger partial charge in [-0.1, -0.05) is 12.1 Å². The minimum atomic E-state index is -0.507. The number of phenols is 1. The van der Waals surface area contributed by atoms with Gasteiger partial charge in [0, 0.05) is 6.54 Å². The van der Waals surface area contributed by atoms with Gasteiger partial charge in [0.05, 0.1) is 13.0 Å². The van der Waals surface area contributed by atoms with Crippen LogP contribution in [0.25, 0.3) is 0 Å². The number of carbonyl (C=O) groups excluding carboxylic acids is 1. The summed E-state index contributed by atoms with van der Waals surface area (Å²) in [6, 6.07) is 6.44. The molecular formula is C10H13NO3. The lowest BCUT2D eigenvalue weighted by Crippen LogP contribution is -2.22. The molecule has 1 unspecified atom stereocenters. The highest BCUT2D eigenvalue weighted by atomic mass is 16.5. The zero-order valence-electron chi connectivity index (χ0n) is 7.93. The Hall–Kier alpha value is -1.55. The molecule has 0 saturated carbocycles. The first-order chi connectivity index (χ1) is 6.69. The Kier molecular flexibility index (Phi) is 3.48. The molecule has 1 aromatic carbocycles. The maximum Gasteiger partial charge on any atom is 0.314 e. The van der Waals surface area contributed by atoms with Crippen LogP contribution >= 0.6 is 0 Å². The van der Waals surface area contributed by atoms with Crippen molar-refractivity contribution in [3.8, 4) is 5.75 Å². The van der Waals surface area contributed by atoms with E-state index in [-0.39, 0.29) is 12.3 Å². The predicted molar refractivity (Wildman–Crippen MR) is 51.9 cm³/mol. The van der Waals surface area contributed by atoms with Crippen LogP contribution in [-0.4, -0.2) is 24.7 Å². The van der Waals surface area contributed by atoms with Crippen molar-refractivity contribution in [1.82, 2.24) is 0 Å². The number of rotatable bonds is 3. The fraction of sp³-hybridized carbons (Fsp3) is 0.300. The van der Waals surface area contributed by atoms with E-state index in [1.165, 1.54) is 19.2 Å². The number of methoxy groups -OCH3 is 1. The summed E-state index contributed by atoms with van der Waals surface area (Å²) in [7, 11) is 1.31. The van der Waals surface area contributed by atoms with Crippen LogP contribution in [0.2, 0.25) is 0 Å². The maximum absolute atomic E-state index is 11.3. The standard InChI is InChI=1S/C10H13NO3/c1-14-10(13)9(6-11)7-3-2-4-8(12)5-7/h2-5,9,12H,6,11H2,1H3. The molecule has 1 atom stereocenters. The second-order valence-corrected chi connectivity index (χ2v) is 2.91. The van der Waals surface area contributed by atoms with Crippen LogP contribution in [0.5, 0.6) is 5.75 Å². The van der Waals surface area contributed by atoms with Gasteiger partial charge in [0.2, 0.25) is 0 Å². The van der Waals surface area contributed by atoms with Gasteiger partial charge in [0.15, 0.2) is 0 Å². The highest BCUT2D eigenvalue weighted by Gasteiger charge is 2.19. The van der Waals surface area contributed by atoms with Gasteiger partial charge in [0.25, 0.3) is 0 Å². The van der Waals surface area contributed by atoms with E-state index >= 15 is 0 Å². The summed E-state index contributed by atoms with van der Waals surface area (Å²) in [6.45, 7) is 0.163. The lowest BCUT2D eigenvalue weighted by Gasteiger charge is -2.12. The number of benzene rings is 1. The first-order valence-corrected chi connectivity index (χ1v) is 4.26. The molecule has 0 aliphatic rings. The number of phenolic OH excluding ortho intramolecular Hbond substituents is 1. The lowest BCUT2D eigenvalue weighted by molar-refractivity contribution is -0.142. The van der Waals surface area contributed by atoms with Gasteiger partial charge in [0.1, 0.15) is 5.75 Å². The molecule has 0 spiro atoms. The lowest BCUT2D eigenvalue weighted by atomic mass is 9.99. The van der Waals surface area contributed by atoms with Gasteiger partial charge in [-0.05, 0) is 17.7 Å². The van der Waals surface area contributed by atoms with Crippen LogP contribution in [0.4, 0.5) is 0 Å². The highest BCUT2D eigenvalue weighted by molar-refractivity contribution is 5.78. The molecular weight excluding hydrogens is 182 g/mol. The molecule has 0 radical (unpaired) electrons. The van der Waals surface area contributed by atoms with Crippen LogP contribution in [0, 0.1) is 0 Å². The number of nitrogens with two attached hydrogens (primary N) is 1. The molecule has 0 heterocycles. The van der Waals surface area contributed by atoms with Crippen LogP contribution in [0.15, 0.2) is 24.3 Å². The average Bonchev–Trinajstić information content (AvgIpc) is 2.19. The van der Waals surface area contributed by atoms with Gasteiger partial charge in [-0.25, -0.2) is 0 Å². The summed E-state index contributed by atoms with van der Waals surface area (Å²) in [6.07, 6.45) is 0. The number of carbonyl (C=O) groups is 1. The Morgan fingerprint density at radius 2 is 2.36 bits per heavy atom. The van der Waals surface area contributed by atoms with Gasteiger partial charge < -0.3 is 15.6 Å². The van der Waals surface area contributed by atoms with Gasteiger partial charge in [-0.15, -0.1) is 0 Å². The van der Waals surface area contributed by atoms with E-state index in [9.17, 15) is 9.90 Å². The van der Waals surface area contributed by atoms with Crippen LogP contribution in [-0.2, 0) is 9.53 Å². The van der Waals surface area contributed by atoms with E-state index in [0.29, 0.717) is 5.56 Å². The Morgan fingerprint density at radius 3 is 2.86 bits per heavy atom. The number of esters is 1. The second kappa shape index (κ2) is 4.62. The van der Waals surface area contributed by atoms with E-state index < -0.39 is 11.9 Å². The largest absolute Gasteiger partial charge is 0.508 e. The maximum atomic E-state index is 11.3. The van der Waals surface area contributed by atoms with E-state index in [0.717, 1.165) is 0 Å². The van der Waals surface area contributed by atoms with Crippen molar-refractivity contribution >= 4 is 5.97 Å². The van der Waals surface area contributed by atoms with Crippen molar-refractivity contribution in [3.63, 3.8) is 0 Å². The Labute approximate surface area is 82.3 Å². The topological polar surface area (TPSA) is 72.5 Å². The summed E-state index contributed by atoms with van der Waals surface area (Å²) < 4.78 is 4.60. The number of hydrogen-bond acceptors (Lipinski definition) is 4. The molecule has 0 aromatic heterocycles. The summed E-state index contributed by atoms with van der Waals surface area (Å²) in [4.78, 5) is 11.3. The predicted octanol–water partition coefficient (Wildman–Crippen LogP) is 0.607. The fourth-order valence-electron chi connectivity index (χ4n) is 1.25. The number of aromatic hydroxyl groups is 1. The quantitative estimate of drug-likeness (QED) is 0.693.